The molecule has 1 amide bonds. The number of benzene rings is 1. The van der Waals surface area contributed by atoms with Gasteiger partial charge in [-0.3, -0.25) is 14.6 Å². The number of hydrogen-bond donors (Lipinski definition) is 0. The van der Waals surface area contributed by atoms with E-state index in [0.717, 1.165) is 12.0 Å². The van der Waals surface area contributed by atoms with Crippen LogP contribution in [-0.4, -0.2) is 48.4 Å². The second-order valence-electron chi connectivity index (χ2n) is 6.20. The molecule has 6 nitrogen and oxygen atoms in total. The van der Waals surface area contributed by atoms with Gasteiger partial charge in [0.1, 0.15) is 13.2 Å². The minimum Gasteiger partial charge on any atom is -0.486 e. The normalized spacial score (nSPS) is 12.5. The van der Waals surface area contributed by atoms with Crippen LogP contribution in [0.5, 0.6) is 11.5 Å². The second-order valence-corrected chi connectivity index (χ2v) is 6.20. The number of ketones is 1. The van der Waals surface area contributed by atoms with Crippen molar-refractivity contribution in [3.8, 4) is 11.5 Å². The van der Waals surface area contributed by atoms with E-state index < -0.39 is 0 Å². The summed E-state index contributed by atoms with van der Waals surface area (Å²) >= 11 is 0. The molecule has 0 atom stereocenters. The molecule has 1 aliphatic heterocycles. The molecule has 3 rings (SSSR count). The van der Waals surface area contributed by atoms with Gasteiger partial charge in [-0.1, -0.05) is 0 Å². The van der Waals surface area contributed by atoms with Crippen molar-refractivity contribution in [2.75, 3.05) is 26.8 Å². The van der Waals surface area contributed by atoms with E-state index in [2.05, 4.69) is 4.98 Å². The number of nitrogens with zero attached hydrogens (tertiary/aromatic N) is 2. The molecule has 1 aromatic heterocycles. The van der Waals surface area contributed by atoms with Crippen molar-refractivity contribution in [3.05, 3.63) is 53.9 Å². The van der Waals surface area contributed by atoms with Gasteiger partial charge in [-0.25, -0.2) is 0 Å². The van der Waals surface area contributed by atoms with Crippen molar-refractivity contribution >= 4 is 11.7 Å². The third-order valence-electron chi connectivity index (χ3n) is 4.34. The number of hydrogen-bond acceptors (Lipinski definition) is 5. The first kappa shape index (κ1) is 17.9. The molecule has 136 valence electrons. The molecule has 1 aliphatic rings. The molecule has 0 unspecified atom stereocenters. The summed E-state index contributed by atoms with van der Waals surface area (Å²) in [6.07, 6.45) is 4.62. The van der Waals surface area contributed by atoms with Gasteiger partial charge in [0.2, 0.25) is 5.91 Å². The van der Waals surface area contributed by atoms with Crippen LogP contribution in [-0.2, 0) is 11.2 Å². The summed E-state index contributed by atoms with van der Waals surface area (Å²) in [4.78, 5) is 30.3. The van der Waals surface area contributed by atoms with Crippen molar-refractivity contribution < 1.29 is 19.1 Å². The molecular formula is C20H22N2O4. The number of rotatable bonds is 7. The van der Waals surface area contributed by atoms with Crippen molar-refractivity contribution in [2.45, 2.75) is 19.3 Å². The maximum absolute atomic E-state index is 12.4. The van der Waals surface area contributed by atoms with Gasteiger partial charge in [0.05, 0.1) is 0 Å². The van der Waals surface area contributed by atoms with Gasteiger partial charge < -0.3 is 14.4 Å². The molecule has 26 heavy (non-hydrogen) atoms. The molecular weight excluding hydrogens is 332 g/mol. The van der Waals surface area contributed by atoms with Crippen LogP contribution >= 0.6 is 0 Å². The molecule has 0 bridgehead atoms. The number of fused-ring (bicyclic) bond motifs is 1. The zero-order valence-electron chi connectivity index (χ0n) is 14.8. The maximum Gasteiger partial charge on any atom is 0.222 e. The lowest BCUT2D eigenvalue weighted by Crippen LogP contribution is -2.29. The molecule has 0 N–H and O–H groups in total. The molecule has 0 saturated heterocycles. The quantitative estimate of drug-likeness (QED) is 0.715. The first-order valence-electron chi connectivity index (χ1n) is 8.69. The fraction of sp³-hybridized carbons (Fsp3) is 0.350. The van der Waals surface area contributed by atoms with E-state index in [4.69, 9.17) is 9.47 Å². The summed E-state index contributed by atoms with van der Waals surface area (Å²) in [7, 11) is 1.76. The zero-order valence-corrected chi connectivity index (χ0v) is 14.8. The molecule has 0 radical (unpaired) electrons. The monoisotopic (exact) mass is 354 g/mol. The standard InChI is InChI=1S/C20H22N2O4/c1-22(11-8-15-6-9-21-10-7-15)20(24)5-3-17(23)16-2-4-18-19(14-16)26-13-12-25-18/h2,4,6-7,9-10,14H,3,5,8,11-13H2,1H3. The zero-order chi connectivity index (χ0) is 18.4. The fourth-order valence-electron chi connectivity index (χ4n) is 2.74. The summed E-state index contributed by atoms with van der Waals surface area (Å²) < 4.78 is 10.9. The lowest BCUT2D eigenvalue weighted by Gasteiger charge is -2.19. The van der Waals surface area contributed by atoms with Crippen molar-refractivity contribution in [3.63, 3.8) is 0 Å². The van der Waals surface area contributed by atoms with Gasteiger partial charge in [0.25, 0.3) is 0 Å². The Bertz CT molecular complexity index is 777. The number of carbonyl (C=O) groups is 2. The van der Waals surface area contributed by atoms with Crippen LogP contribution in [0, 0.1) is 0 Å². The SMILES string of the molecule is CN(CCc1ccncc1)C(=O)CCC(=O)c1ccc2c(c1)OCCO2. The van der Waals surface area contributed by atoms with E-state index in [1.54, 1.807) is 42.5 Å². The average molecular weight is 354 g/mol. The van der Waals surface area contributed by atoms with Crippen molar-refractivity contribution in [2.24, 2.45) is 0 Å². The molecule has 1 aromatic carbocycles. The van der Waals surface area contributed by atoms with Gasteiger partial charge in [-0.05, 0) is 42.3 Å². The van der Waals surface area contributed by atoms with Gasteiger partial charge in [-0.2, -0.15) is 0 Å². The summed E-state index contributed by atoms with van der Waals surface area (Å²) in [5.41, 5.74) is 1.67. The van der Waals surface area contributed by atoms with E-state index in [9.17, 15) is 9.59 Å². The number of aromatic nitrogens is 1. The van der Waals surface area contributed by atoms with Crippen LogP contribution < -0.4 is 9.47 Å². The highest BCUT2D eigenvalue weighted by Gasteiger charge is 2.17. The van der Waals surface area contributed by atoms with E-state index in [1.165, 1.54) is 0 Å². The predicted molar refractivity (Wildman–Crippen MR) is 96.6 cm³/mol. The third kappa shape index (κ3) is 4.59. The van der Waals surface area contributed by atoms with Crippen LogP contribution in [0.25, 0.3) is 0 Å². The minimum absolute atomic E-state index is 0.0371. The summed E-state index contributed by atoms with van der Waals surface area (Å²) in [5.74, 6) is 1.13. The first-order valence-corrected chi connectivity index (χ1v) is 8.69. The van der Waals surface area contributed by atoms with E-state index in [0.29, 0.717) is 36.8 Å². The first-order chi connectivity index (χ1) is 12.6. The molecule has 0 spiro atoms. The van der Waals surface area contributed by atoms with E-state index >= 15 is 0 Å². The Morgan fingerprint density at radius 2 is 1.77 bits per heavy atom. The van der Waals surface area contributed by atoms with Crippen molar-refractivity contribution in [1.29, 1.82) is 0 Å². The highest BCUT2D eigenvalue weighted by molar-refractivity contribution is 5.98. The van der Waals surface area contributed by atoms with Gasteiger partial charge >= 0.3 is 0 Å². The topological polar surface area (TPSA) is 68.7 Å². The highest BCUT2D eigenvalue weighted by atomic mass is 16.6. The Kier molecular flexibility index (Phi) is 5.84. The molecule has 0 saturated carbocycles. The van der Waals surface area contributed by atoms with Gasteiger partial charge in [0.15, 0.2) is 17.3 Å². The largest absolute Gasteiger partial charge is 0.486 e. The van der Waals surface area contributed by atoms with Gasteiger partial charge in [-0.15, -0.1) is 0 Å². The number of carbonyl (C=O) groups excluding carboxylic acids is 2. The van der Waals surface area contributed by atoms with Crippen LogP contribution in [0.1, 0.15) is 28.8 Å². The summed E-state index contributed by atoms with van der Waals surface area (Å²) in [6.45, 7) is 1.60. The highest BCUT2D eigenvalue weighted by Crippen LogP contribution is 2.31. The Morgan fingerprint density at radius 1 is 1.04 bits per heavy atom. The summed E-state index contributed by atoms with van der Waals surface area (Å²) in [5, 5.41) is 0. The predicted octanol–water partition coefficient (Wildman–Crippen LogP) is 2.52. The Labute approximate surface area is 152 Å². The number of amides is 1. The lowest BCUT2D eigenvalue weighted by atomic mass is 10.1. The Morgan fingerprint density at radius 3 is 2.54 bits per heavy atom. The molecule has 6 heteroatoms. The number of pyridine rings is 1. The van der Waals surface area contributed by atoms with Crippen LogP contribution in [0.4, 0.5) is 0 Å². The molecule has 2 aromatic rings. The lowest BCUT2D eigenvalue weighted by molar-refractivity contribution is -0.129. The Hall–Kier alpha value is -2.89. The summed E-state index contributed by atoms with van der Waals surface area (Å²) in [6, 6.07) is 9.01. The maximum atomic E-state index is 12.4. The average Bonchev–Trinajstić information content (AvgIpc) is 2.70. The Balaban J connectivity index is 1.48. The van der Waals surface area contributed by atoms with Crippen LogP contribution in [0.2, 0.25) is 0 Å². The minimum atomic E-state index is -0.0714. The molecule has 0 aliphatic carbocycles. The van der Waals surface area contributed by atoms with Crippen molar-refractivity contribution in [1.82, 2.24) is 9.88 Å². The number of likely N-dealkylation sites (N-methyl/N-ethyl adjacent to an activating group) is 1. The van der Waals surface area contributed by atoms with Gasteiger partial charge in [0, 0.05) is 44.4 Å². The van der Waals surface area contributed by atoms with E-state index in [-0.39, 0.29) is 24.5 Å². The number of ether oxygens (including phenoxy) is 2. The molecule has 0 fully saturated rings. The number of Topliss-reactive ketones (excluding diaryl/α,β-unsaturated/α-hetero) is 1. The van der Waals surface area contributed by atoms with E-state index in [1.807, 2.05) is 12.1 Å². The molecule has 2 heterocycles. The smallest absolute Gasteiger partial charge is 0.222 e. The van der Waals surface area contributed by atoms with Crippen LogP contribution in [0.3, 0.4) is 0 Å². The van der Waals surface area contributed by atoms with Crippen LogP contribution in [0.15, 0.2) is 42.7 Å². The fourth-order valence-corrected chi connectivity index (χ4v) is 2.74. The second kappa shape index (κ2) is 8.47. The third-order valence-corrected chi connectivity index (χ3v) is 4.34.